The zero-order chi connectivity index (χ0) is 19.4. The highest BCUT2D eigenvalue weighted by molar-refractivity contribution is 7.14. The molecule has 0 spiro atoms. The molecule has 0 radical (unpaired) electrons. The normalized spacial score (nSPS) is 23.3. The molecule has 4 heteroatoms. The Morgan fingerprint density at radius 3 is 2.57 bits per heavy atom. The largest absolute Gasteiger partial charge is 0.351 e. The highest BCUT2D eigenvalue weighted by atomic mass is 32.1. The lowest BCUT2D eigenvalue weighted by Gasteiger charge is -2.46. The number of carbonyl (C=O) groups excluding carboxylic acids is 1. The summed E-state index contributed by atoms with van der Waals surface area (Å²) in [6, 6.07) is 2.20. The van der Waals surface area contributed by atoms with Crippen LogP contribution in [0.4, 0.5) is 0 Å². The lowest BCUT2D eigenvalue weighted by Crippen LogP contribution is -2.51. The van der Waals surface area contributed by atoms with Crippen LogP contribution in [0.25, 0.3) is 0 Å². The van der Waals surface area contributed by atoms with Gasteiger partial charge in [0.1, 0.15) is 0 Å². The average molecular weight is 403 g/mol. The van der Waals surface area contributed by atoms with E-state index in [9.17, 15) is 4.79 Å². The Morgan fingerprint density at radius 2 is 1.89 bits per heavy atom. The van der Waals surface area contributed by atoms with Crippen molar-refractivity contribution >= 4 is 17.2 Å². The molecule has 1 aromatic heterocycles. The predicted molar refractivity (Wildman–Crippen MR) is 118 cm³/mol. The molecule has 1 saturated carbocycles. The fourth-order valence-corrected chi connectivity index (χ4v) is 6.58. The van der Waals surface area contributed by atoms with E-state index in [1.165, 1.54) is 101 Å². The maximum absolute atomic E-state index is 12.9. The van der Waals surface area contributed by atoms with Gasteiger partial charge in [-0.2, -0.15) is 0 Å². The molecule has 3 aliphatic rings. The Kier molecular flexibility index (Phi) is 6.78. The number of hydrogen-bond donors (Lipinski definition) is 1. The summed E-state index contributed by atoms with van der Waals surface area (Å²) < 4.78 is 0. The van der Waals surface area contributed by atoms with Crippen LogP contribution in [-0.4, -0.2) is 37.0 Å². The summed E-state index contributed by atoms with van der Waals surface area (Å²) in [6.45, 7) is 6.89. The van der Waals surface area contributed by atoms with Gasteiger partial charge in [-0.1, -0.05) is 32.6 Å². The number of rotatable bonds is 6. The summed E-state index contributed by atoms with van der Waals surface area (Å²) in [4.78, 5) is 18.0. The van der Waals surface area contributed by atoms with Gasteiger partial charge in [0.05, 0.1) is 4.88 Å². The number of nitrogens with zero attached hydrogens (tertiary/aromatic N) is 1. The molecule has 0 bridgehead atoms. The third kappa shape index (κ3) is 4.81. The van der Waals surface area contributed by atoms with E-state index in [0.29, 0.717) is 5.41 Å². The fourth-order valence-electron chi connectivity index (χ4n) is 5.41. The van der Waals surface area contributed by atoms with Crippen molar-refractivity contribution in [3.8, 4) is 0 Å². The van der Waals surface area contributed by atoms with Crippen molar-refractivity contribution < 1.29 is 4.79 Å². The van der Waals surface area contributed by atoms with E-state index in [1.807, 2.05) is 0 Å². The van der Waals surface area contributed by atoms with E-state index < -0.39 is 0 Å². The summed E-state index contributed by atoms with van der Waals surface area (Å²) in [5.41, 5.74) is 1.78. The molecule has 1 amide bonds. The van der Waals surface area contributed by atoms with Crippen molar-refractivity contribution in [1.29, 1.82) is 0 Å². The zero-order valence-corrected chi connectivity index (χ0v) is 18.5. The van der Waals surface area contributed by atoms with Gasteiger partial charge in [0.25, 0.3) is 5.91 Å². The number of piperidine rings is 1. The Balaban J connectivity index is 1.31. The van der Waals surface area contributed by atoms with Gasteiger partial charge in [0.2, 0.25) is 0 Å². The van der Waals surface area contributed by atoms with Crippen LogP contribution in [0, 0.1) is 11.3 Å². The van der Waals surface area contributed by atoms with E-state index in [4.69, 9.17) is 0 Å². The standard InChI is InChI=1S/C24H38N2OS/c1-2-19-10-14-26(15-11-19)18-24(12-7-13-24)17-25-23(27)22-16-20-8-5-3-4-6-9-21(20)28-22/h16,19H,2-15,17-18H2,1H3,(H,25,27). The molecule has 1 aromatic rings. The molecule has 1 saturated heterocycles. The number of hydrogen-bond acceptors (Lipinski definition) is 3. The predicted octanol–water partition coefficient (Wildman–Crippen LogP) is 5.43. The summed E-state index contributed by atoms with van der Waals surface area (Å²) >= 11 is 1.76. The smallest absolute Gasteiger partial charge is 0.261 e. The van der Waals surface area contributed by atoms with Crippen molar-refractivity contribution in [1.82, 2.24) is 10.2 Å². The third-order valence-electron chi connectivity index (χ3n) is 7.60. The highest BCUT2D eigenvalue weighted by Gasteiger charge is 2.39. The molecule has 4 rings (SSSR count). The monoisotopic (exact) mass is 402 g/mol. The van der Waals surface area contributed by atoms with Gasteiger partial charge >= 0.3 is 0 Å². The molecule has 2 fully saturated rings. The Labute approximate surface area is 175 Å². The van der Waals surface area contributed by atoms with Crippen LogP contribution in [0.15, 0.2) is 6.07 Å². The maximum atomic E-state index is 12.9. The van der Waals surface area contributed by atoms with Crippen LogP contribution < -0.4 is 5.32 Å². The van der Waals surface area contributed by atoms with Crippen LogP contribution in [-0.2, 0) is 12.8 Å². The lowest BCUT2D eigenvalue weighted by atomic mass is 9.68. The fraction of sp³-hybridized carbons (Fsp3) is 0.792. The van der Waals surface area contributed by atoms with Gasteiger partial charge < -0.3 is 10.2 Å². The average Bonchev–Trinajstić information content (AvgIpc) is 3.06. The first kappa shape index (κ1) is 20.4. The van der Waals surface area contributed by atoms with Crippen LogP contribution in [0.2, 0.25) is 0 Å². The summed E-state index contributed by atoms with van der Waals surface area (Å²) in [6.07, 6.45) is 15.5. The lowest BCUT2D eigenvalue weighted by molar-refractivity contribution is 0.0457. The second-order valence-corrected chi connectivity index (χ2v) is 10.8. The Bertz CT molecular complexity index is 630. The second-order valence-electron chi connectivity index (χ2n) is 9.64. The summed E-state index contributed by atoms with van der Waals surface area (Å²) in [7, 11) is 0. The van der Waals surface area contributed by atoms with Crippen molar-refractivity contribution in [2.24, 2.45) is 11.3 Å². The van der Waals surface area contributed by atoms with Crippen LogP contribution in [0.5, 0.6) is 0 Å². The minimum absolute atomic E-state index is 0.174. The van der Waals surface area contributed by atoms with Crippen LogP contribution >= 0.6 is 11.3 Å². The van der Waals surface area contributed by atoms with Crippen molar-refractivity contribution in [3.63, 3.8) is 0 Å². The molecule has 0 aromatic carbocycles. The number of thiophene rings is 1. The first-order valence-electron chi connectivity index (χ1n) is 11.8. The van der Waals surface area contributed by atoms with Crippen LogP contribution in [0.1, 0.15) is 91.2 Å². The minimum Gasteiger partial charge on any atom is -0.351 e. The van der Waals surface area contributed by atoms with Crippen molar-refractivity contribution in [2.75, 3.05) is 26.2 Å². The van der Waals surface area contributed by atoms with Gasteiger partial charge in [-0.05, 0) is 82.0 Å². The summed E-state index contributed by atoms with van der Waals surface area (Å²) in [5.74, 6) is 1.11. The van der Waals surface area contributed by atoms with Crippen molar-refractivity contribution in [3.05, 3.63) is 21.4 Å². The molecule has 28 heavy (non-hydrogen) atoms. The molecule has 156 valence electrons. The van der Waals surface area contributed by atoms with Gasteiger partial charge in [-0.15, -0.1) is 11.3 Å². The maximum Gasteiger partial charge on any atom is 0.261 e. The number of nitrogens with one attached hydrogen (secondary N) is 1. The molecule has 0 atom stereocenters. The molecule has 2 heterocycles. The Morgan fingerprint density at radius 1 is 1.14 bits per heavy atom. The van der Waals surface area contributed by atoms with E-state index in [0.717, 1.165) is 23.8 Å². The number of fused-ring (bicyclic) bond motifs is 1. The van der Waals surface area contributed by atoms with E-state index in [1.54, 1.807) is 11.3 Å². The molecule has 2 aliphatic carbocycles. The highest BCUT2D eigenvalue weighted by Crippen LogP contribution is 2.42. The Hall–Kier alpha value is -0.870. The molecule has 1 N–H and O–H groups in total. The SMILES string of the molecule is CCC1CCN(CC2(CNC(=O)c3cc4c(s3)CCCCCC4)CCC2)CC1. The number of amides is 1. The third-order valence-corrected chi connectivity index (χ3v) is 8.84. The number of carbonyl (C=O) groups is 1. The summed E-state index contributed by atoms with van der Waals surface area (Å²) in [5, 5.41) is 3.34. The van der Waals surface area contributed by atoms with Gasteiger partial charge in [-0.25, -0.2) is 0 Å². The molecular formula is C24H38N2OS. The second kappa shape index (κ2) is 9.30. The van der Waals surface area contributed by atoms with Crippen LogP contribution in [0.3, 0.4) is 0 Å². The molecule has 1 aliphatic heterocycles. The first-order chi connectivity index (χ1) is 13.7. The molecular weight excluding hydrogens is 364 g/mol. The number of aryl methyl sites for hydroxylation is 2. The molecule has 3 nitrogen and oxygen atoms in total. The zero-order valence-electron chi connectivity index (χ0n) is 17.7. The van der Waals surface area contributed by atoms with Gasteiger partial charge in [-0.3, -0.25) is 4.79 Å². The minimum atomic E-state index is 0.174. The quantitative estimate of drug-likeness (QED) is 0.688. The number of likely N-dealkylation sites (tertiary alicyclic amines) is 1. The van der Waals surface area contributed by atoms with Crippen molar-refractivity contribution in [2.45, 2.75) is 84.0 Å². The topological polar surface area (TPSA) is 32.3 Å². The van der Waals surface area contributed by atoms with E-state index in [2.05, 4.69) is 23.2 Å². The van der Waals surface area contributed by atoms with Gasteiger partial charge in [0, 0.05) is 23.4 Å². The molecule has 0 unspecified atom stereocenters. The van der Waals surface area contributed by atoms with E-state index in [-0.39, 0.29) is 5.91 Å². The van der Waals surface area contributed by atoms with E-state index >= 15 is 0 Å². The first-order valence-corrected chi connectivity index (χ1v) is 12.6. The van der Waals surface area contributed by atoms with Gasteiger partial charge in [0.15, 0.2) is 0 Å².